The Morgan fingerprint density at radius 3 is 1.33 bits per heavy atom. The lowest BCUT2D eigenvalue weighted by atomic mass is 9.85. The summed E-state index contributed by atoms with van der Waals surface area (Å²) in [5, 5.41) is 4.10. The minimum atomic E-state index is 0.514. The third kappa shape index (κ3) is 2.22. The van der Waals surface area contributed by atoms with Crippen LogP contribution >= 0.6 is 0 Å². The van der Waals surface area contributed by atoms with Gasteiger partial charge in [-0.15, -0.1) is 0 Å². The van der Waals surface area contributed by atoms with Crippen molar-refractivity contribution >= 4 is 0 Å². The highest BCUT2D eigenvalue weighted by Crippen LogP contribution is 2.40. The average Bonchev–Trinajstić information content (AvgIpc) is 2.89. The van der Waals surface area contributed by atoms with Gasteiger partial charge in [-0.1, -0.05) is 39.5 Å². The molecule has 0 saturated heterocycles. The van der Waals surface area contributed by atoms with Gasteiger partial charge in [0.05, 0.1) is 0 Å². The molecule has 0 radical (unpaired) electrons. The Hall–Kier alpha value is -0.0400. The minimum absolute atomic E-state index is 0.514. The second kappa shape index (κ2) is 4.45. The van der Waals surface area contributed by atoms with Crippen LogP contribution in [0.2, 0.25) is 0 Å². The van der Waals surface area contributed by atoms with Crippen LogP contribution in [0.25, 0.3) is 0 Å². The Bertz CT molecular complexity index is 175. The van der Waals surface area contributed by atoms with E-state index in [1.807, 2.05) is 0 Å². The lowest BCUT2D eigenvalue weighted by Crippen LogP contribution is -2.55. The van der Waals surface area contributed by atoms with Gasteiger partial charge < -0.3 is 5.32 Å². The summed E-state index contributed by atoms with van der Waals surface area (Å²) >= 11 is 0. The number of hydrogen-bond acceptors (Lipinski definition) is 1. The smallest absolute Gasteiger partial charge is 0.0184 e. The van der Waals surface area contributed by atoms with Crippen LogP contribution in [0, 0.1) is 0 Å². The molecule has 2 fully saturated rings. The fourth-order valence-corrected chi connectivity index (χ4v) is 3.80. The van der Waals surface area contributed by atoms with Gasteiger partial charge in [-0.3, -0.25) is 0 Å². The van der Waals surface area contributed by atoms with Crippen LogP contribution in [-0.4, -0.2) is 11.1 Å². The molecular formula is C14H27N. The fraction of sp³-hybridized carbons (Fsp3) is 1.00. The summed E-state index contributed by atoms with van der Waals surface area (Å²) in [5.41, 5.74) is 1.03. The maximum Gasteiger partial charge on any atom is 0.0184 e. The maximum atomic E-state index is 4.10. The molecule has 2 aliphatic carbocycles. The van der Waals surface area contributed by atoms with Crippen LogP contribution < -0.4 is 5.32 Å². The third-order valence-electron chi connectivity index (χ3n) is 5.01. The molecule has 2 rings (SSSR count). The maximum absolute atomic E-state index is 4.10. The molecule has 15 heavy (non-hydrogen) atoms. The van der Waals surface area contributed by atoms with Gasteiger partial charge in [0.1, 0.15) is 0 Å². The predicted octanol–water partition coefficient (Wildman–Crippen LogP) is 4.02. The molecule has 0 aromatic carbocycles. The average molecular weight is 209 g/mol. The second-order valence-electron chi connectivity index (χ2n) is 5.81. The molecule has 0 unspecified atom stereocenters. The summed E-state index contributed by atoms with van der Waals surface area (Å²) in [5.74, 6) is 0. The van der Waals surface area contributed by atoms with Crippen LogP contribution in [0.4, 0.5) is 0 Å². The van der Waals surface area contributed by atoms with E-state index in [0.717, 1.165) is 0 Å². The van der Waals surface area contributed by atoms with E-state index in [9.17, 15) is 0 Å². The summed E-state index contributed by atoms with van der Waals surface area (Å²) in [6.45, 7) is 4.74. The normalized spacial score (nSPS) is 28.4. The van der Waals surface area contributed by atoms with Crippen molar-refractivity contribution in [1.29, 1.82) is 0 Å². The Kier molecular flexibility index (Phi) is 3.39. The zero-order chi connectivity index (χ0) is 10.8. The molecule has 1 heteroatoms. The van der Waals surface area contributed by atoms with E-state index in [-0.39, 0.29) is 0 Å². The first kappa shape index (κ1) is 11.4. The molecule has 2 aliphatic rings. The van der Waals surface area contributed by atoms with E-state index in [1.165, 1.54) is 64.2 Å². The molecule has 0 atom stereocenters. The lowest BCUT2D eigenvalue weighted by molar-refractivity contribution is 0.194. The van der Waals surface area contributed by atoms with E-state index in [2.05, 4.69) is 19.2 Å². The van der Waals surface area contributed by atoms with Crippen LogP contribution in [0.3, 0.4) is 0 Å². The predicted molar refractivity (Wildman–Crippen MR) is 66.1 cm³/mol. The summed E-state index contributed by atoms with van der Waals surface area (Å²) in [4.78, 5) is 0. The van der Waals surface area contributed by atoms with E-state index in [1.54, 1.807) is 0 Å². The van der Waals surface area contributed by atoms with Crippen molar-refractivity contribution in [3.05, 3.63) is 0 Å². The summed E-state index contributed by atoms with van der Waals surface area (Å²) in [7, 11) is 0. The highest BCUT2D eigenvalue weighted by molar-refractivity contribution is 5.01. The van der Waals surface area contributed by atoms with Crippen molar-refractivity contribution in [1.82, 2.24) is 5.32 Å². The van der Waals surface area contributed by atoms with E-state index >= 15 is 0 Å². The number of nitrogens with one attached hydrogen (secondary N) is 1. The Morgan fingerprint density at radius 2 is 1.07 bits per heavy atom. The summed E-state index contributed by atoms with van der Waals surface area (Å²) in [6, 6.07) is 0. The zero-order valence-electron chi connectivity index (χ0n) is 10.6. The molecule has 0 aromatic rings. The Labute approximate surface area is 95.0 Å². The third-order valence-corrected chi connectivity index (χ3v) is 5.01. The SMILES string of the molecule is CCC1(NC2(CC)CCCC2)CCCC1. The molecule has 0 spiro atoms. The van der Waals surface area contributed by atoms with Crippen LogP contribution in [-0.2, 0) is 0 Å². The van der Waals surface area contributed by atoms with Crippen molar-refractivity contribution in [2.45, 2.75) is 89.1 Å². The fourth-order valence-electron chi connectivity index (χ4n) is 3.80. The quantitative estimate of drug-likeness (QED) is 0.737. The topological polar surface area (TPSA) is 12.0 Å². The van der Waals surface area contributed by atoms with Crippen LogP contribution in [0.15, 0.2) is 0 Å². The number of hydrogen-bond donors (Lipinski definition) is 1. The monoisotopic (exact) mass is 209 g/mol. The van der Waals surface area contributed by atoms with Crippen LogP contribution in [0.1, 0.15) is 78.1 Å². The van der Waals surface area contributed by atoms with Gasteiger partial charge in [0.25, 0.3) is 0 Å². The van der Waals surface area contributed by atoms with E-state index < -0.39 is 0 Å². The molecule has 88 valence electrons. The molecule has 0 aliphatic heterocycles. The van der Waals surface area contributed by atoms with Crippen molar-refractivity contribution in [3.63, 3.8) is 0 Å². The van der Waals surface area contributed by atoms with Crippen LogP contribution in [0.5, 0.6) is 0 Å². The standard InChI is InChI=1S/C14H27N/c1-3-13(9-5-6-10-13)15-14(4-2)11-7-8-12-14/h15H,3-12H2,1-2H3. The molecule has 0 heterocycles. The molecule has 0 aromatic heterocycles. The Morgan fingerprint density at radius 1 is 0.733 bits per heavy atom. The highest BCUT2D eigenvalue weighted by Gasteiger charge is 2.41. The summed E-state index contributed by atoms with van der Waals surface area (Å²) in [6.07, 6.45) is 14.1. The largest absolute Gasteiger partial charge is 0.306 e. The molecular weight excluding hydrogens is 182 g/mol. The van der Waals surface area contributed by atoms with Gasteiger partial charge in [-0.2, -0.15) is 0 Å². The number of rotatable bonds is 4. The minimum Gasteiger partial charge on any atom is -0.306 e. The first-order valence-corrected chi connectivity index (χ1v) is 7.04. The van der Waals surface area contributed by atoms with Crippen molar-refractivity contribution in [2.24, 2.45) is 0 Å². The summed E-state index contributed by atoms with van der Waals surface area (Å²) < 4.78 is 0. The van der Waals surface area contributed by atoms with Gasteiger partial charge in [0, 0.05) is 11.1 Å². The van der Waals surface area contributed by atoms with Gasteiger partial charge >= 0.3 is 0 Å². The lowest BCUT2D eigenvalue weighted by Gasteiger charge is -2.41. The molecule has 0 amide bonds. The molecule has 1 N–H and O–H groups in total. The molecule has 2 saturated carbocycles. The first-order valence-electron chi connectivity index (χ1n) is 7.04. The van der Waals surface area contributed by atoms with Gasteiger partial charge in [0.15, 0.2) is 0 Å². The Balaban J connectivity index is 2.04. The second-order valence-corrected chi connectivity index (χ2v) is 5.81. The molecule has 0 bridgehead atoms. The van der Waals surface area contributed by atoms with Crippen molar-refractivity contribution in [3.8, 4) is 0 Å². The van der Waals surface area contributed by atoms with Crippen molar-refractivity contribution < 1.29 is 0 Å². The first-order chi connectivity index (χ1) is 7.24. The van der Waals surface area contributed by atoms with Gasteiger partial charge in [-0.05, 0) is 38.5 Å². The highest BCUT2D eigenvalue weighted by atomic mass is 15.1. The van der Waals surface area contributed by atoms with Gasteiger partial charge in [-0.25, -0.2) is 0 Å². The zero-order valence-corrected chi connectivity index (χ0v) is 10.6. The van der Waals surface area contributed by atoms with Crippen molar-refractivity contribution in [2.75, 3.05) is 0 Å². The van der Waals surface area contributed by atoms with E-state index in [4.69, 9.17) is 0 Å². The van der Waals surface area contributed by atoms with Gasteiger partial charge in [0.2, 0.25) is 0 Å². The van der Waals surface area contributed by atoms with E-state index in [0.29, 0.717) is 11.1 Å². The molecule has 1 nitrogen and oxygen atoms in total.